The van der Waals surface area contributed by atoms with Crippen LogP contribution in [0.1, 0.15) is 28.8 Å². The molecule has 0 atom stereocenters. The lowest BCUT2D eigenvalue weighted by Gasteiger charge is -2.06. The summed E-state index contributed by atoms with van der Waals surface area (Å²) in [5.74, 6) is 0. The highest BCUT2D eigenvalue weighted by Crippen LogP contribution is 2.21. The third-order valence-electron chi connectivity index (χ3n) is 3.59. The first-order chi connectivity index (χ1) is 10.3. The predicted octanol–water partition coefficient (Wildman–Crippen LogP) is 3.95. The zero-order valence-corrected chi connectivity index (χ0v) is 13.4. The molecule has 21 heavy (non-hydrogen) atoms. The van der Waals surface area contributed by atoms with Crippen molar-refractivity contribution in [1.29, 1.82) is 0 Å². The molecule has 3 aromatic rings. The largest absolute Gasteiger partial charge is 0.342 e. The van der Waals surface area contributed by atoms with Crippen LogP contribution in [0, 0.1) is 6.92 Å². The Bertz CT molecular complexity index is 727. The number of benzene rings is 1. The lowest BCUT2D eigenvalue weighted by atomic mass is 10.1. The minimum absolute atomic E-state index is 0.905. The number of aromatic nitrogens is 2. The normalized spacial score (nSPS) is 11.3. The van der Waals surface area contributed by atoms with Crippen LogP contribution in [0.4, 0.5) is 0 Å². The van der Waals surface area contributed by atoms with Gasteiger partial charge in [0.1, 0.15) is 0 Å². The molecule has 0 fully saturated rings. The maximum Gasteiger partial charge on any atom is 0.0897 e. The molecule has 2 heterocycles. The first-order valence-electron chi connectivity index (χ1n) is 7.46. The van der Waals surface area contributed by atoms with E-state index in [4.69, 9.17) is 0 Å². The van der Waals surface area contributed by atoms with E-state index in [-0.39, 0.29) is 0 Å². The molecule has 4 heteroatoms. The molecular weight excluding hydrogens is 278 g/mol. The lowest BCUT2D eigenvalue weighted by Crippen LogP contribution is -2.13. The molecule has 2 aromatic heterocycles. The fourth-order valence-corrected chi connectivity index (χ4v) is 3.35. The summed E-state index contributed by atoms with van der Waals surface area (Å²) in [4.78, 5) is 5.63. The monoisotopic (exact) mass is 299 g/mol. The van der Waals surface area contributed by atoms with Gasteiger partial charge in [-0.05, 0) is 49.0 Å². The molecule has 3 rings (SSSR count). The average molecular weight is 299 g/mol. The van der Waals surface area contributed by atoms with Gasteiger partial charge in [0.05, 0.1) is 11.6 Å². The number of hydrogen-bond acceptors (Lipinski definition) is 3. The molecule has 0 saturated heterocycles. The summed E-state index contributed by atoms with van der Waals surface area (Å²) in [5, 5.41) is 5.89. The van der Waals surface area contributed by atoms with E-state index in [1.54, 1.807) is 11.3 Å². The Balaban J connectivity index is 1.79. The van der Waals surface area contributed by atoms with E-state index in [1.807, 2.05) is 6.20 Å². The fourth-order valence-electron chi connectivity index (χ4n) is 2.55. The first-order valence-corrected chi connectivity index (χ1v) is 8.27. The predicted molar refractivity (Wildman–Crippen MR) is 89.9 cm³/mol. The minimum atomic E-state index is 0.905. The van der Waals surface area contributed by atoms with E-state index >= 15 is 0 Å². The molecule has 110 valence electrons. The number of aryl methyl sites for hydroxylation is 1. The van der Waals surface area contributed by atoms with E-state index < -0.39 is 0 Å². The van der Waals surface area contributed by atoms with Gasteiger partial charge in [-0.3, -0.25) is 0 Å². The average Bonchev–Trinajstić information content (AvgIpc) is 3.06. The summed E-state index contributed by atoms with van der Waals surface area (Å²) in [7, 11) is 0. The Labute approximate surface area is 129 Å². The highest BCUT2D eigenvalue weighted by atomic mass is 32.1. The topological polar surface area (TPSA) is 29.9 Å². The van der Waals surface area contributed by atoms with Crippen LogP contribution in [0.3, 0.4) is 0 Å². The van der Waals surface area contributed by atoms with Gasteiger partial charge in [0.25, 0.3) is 0 Å². The molecule has 0 spiro atoms. The van der Waals surface area contributed by atoms with Crippen molar-refractivity contribution in [2.75, 3.05) is 6.54 Å². The number of nitrogens with one attached hydrogen (secondary N) is 1. The van der Waals surface area contributed by atoms with Gasteiger partial charge < -0.3 is 9.88 Å². The smallest absolute Gasteiger partial charge is 0.0897 e. The van der Waals surface area contributed by atoms with Crippen LogP contribution in [0.15, 0.2) is 36.7 Å². The summed E-state index contributed by atoms with van der Waals surface area (Å²) in [6.45, 7) is 7.17. The SMILES string of the molecule is CCCNCc1ccc2c(ccn2Cc2cnc(C)s2)c1. The number of hydrogen-bond donors (Lipinski definition) is 1. The van der Waals surface area contributed by atoms with E-state index in [2.05, 4.69) is 59.2 Å². The minimum Gasteiger partial charge on any atom is -0.342 e. The first kappa shape index (κ1) is 14.3. The molecule has 3 nitrogen and oxygen atoms in total. The number of rotatable bonds is 6. The standard InChI is InChI=1S/C17H21N3S/c1-3-7-18-10-14-4-5-17-15(9-14)6-8-20(17)12-16-11-19-13(2)21-16/h4-6,8-9,11,18H,3,7,10,12H2,1-2H3. The third kappa shape index (κ3) is 3.34. The van der Waals surface area contributed by atoms with Crippen LogP contribution in [0.25, 0.3) is 10.9 Å². The maximum absolute atomic E-state index is 4.33. The van der Waals surface area contributed by atoms with Gasteiger partial charge in [-0.1, -0.05) is 13.0 Å². The van der Waals surface area contributed by atoms with Crippen LogP contribution in [0.2, 0.25) is 0 Å². The zero-order chi connectivity index (χ0) is 14.7. The van der Waals surface area contributed by atoms with Gasteiger partial charge >= 0.3 is 0 Å². The van der Waals surface area contributed by atoms with Gasteiger partial charge in [-0.2, -0.15) is 0 Å². The fraction of sp³-hybridized carbons (Fsp3) is 0.353. The molecule has 1 N–H and O–H groups in total. The van der Waals surface area contributed by atoms with Crippen molar-refractivity contribution in [3.05, 3.63) is 52.1 Å². The van der Waals surface area contributed by atoms with Crippen molar-refractivity contribution >= 4 is 22.2 Å². The van der Waals surface area contributed by atoms with Gasteiger partial charge in [-0.15, -0.1) is 11.3 Å². The molecule has 0 aliphatic rings. The van der Waals surface area contributed by atoms with Gasteiger partial charge in [-0.25, -0.2) is 4.98 Å². The molecule has 0 aliphatic heterocycles. The van der Waals surface area contributed by atoms with Crippen LogP contribution < -0.4 is 5.32 Å². The second-order valence-corrected chi connectivity index (χ2v) is 6.68. The Morgan fingerprint density at radius 1 is 1.29 bits per heavy atom. The van der Waals surface area contributed by atoms with E-state index in [1.165, 1.54) is 27.8 Å². The Morgan fingerprint density at radius 2 is 2.19 bits per heavy atom. The summed E-state index contributed by atoms with van der Waals surface area (Å²) in [5.41, 5.74) is 2.64. The molecule has 1 aromatic carbocycles. The number of fused-ring (bicyclic) bond motifs is 1. The second kappa shape index (κ2) is 6.41. The van der Waals surface area contributed by atoms with E-state index in [0.29, 0.717) is 0 Å². The molecule has 0 saturated carbocycles. The molecule has 0 aliphatic carbocycles. The Kier molecular flexibility index (Phi) is 4.36. The van der Waals surface area contributed by atoms with Crippen LogP contribution in [-0.4, -0.2) is 16.1 Å². The molecule has 0 radical (unpaired) electrons. The third-order valence-corrected chi connectivity index (χ3v) is 4.48. The van der Waals surface area contributed by atoms with E-state index in [9.17, 15) is 0 Å². The highest BCUT2D eigenvalue weighted by Gasteiger charge is 2.05. The van der Waals surface area contributed by atoms with Gasteiger partial charge in [0.15, 0.2) is 0 Å². The lowest BCUT2D eigenvalue weighted by molar-refractivity contribution is 0.676. The van der Waals surface area contributed by atoms with Crippen LogP contribution in [0.5, 0.6) is 0 Å². The van der Waals surface area contributed by atoms with Crippen molar-refractivity contribution < 1.29 is 0 Å². The van der Waals surface area contributed by atoms with Crippen molar-refractivity contribution in [1.82, 2.24) is 14.9 Å². The Hall–Kier alpha value is -1.65. The van der Waals surface area contributed by atoms with Crippen molar-refractivity contribution in [2.24, 2.45) is 0 Å². The number of nitrogens with zero attached hydrogens (tertiary/aromatic N) is 2. The molecular formula is C17H21N3S. The maximum atomic E-state index is 4.33. The highest BCUT2D eigenvalue weighted by molar-refractivity contribution is 7.11. The van der Waals surface area contributed by atoms with Crippen molar-refractivity contribution in [3.8, 4) is 0 Å². The molecule has 0 bridgehead atoms. The summed E-state index contributed by atoms with van der Waals surface area (Å²) in [6, 6.07) is 8.94. The quantitative estimate of drug-likeness (QED) is 0.698. The number of thiazole rings is 1. The summed E-state index contributed by atoms with van der Waals surface area (Å²) >= 11 is 1.77. The van der Waals surface area contributed by atoms with Crippen molar-refractivity contribution in [2.45, 2.75) is 33.4 Å². The molecule has 0 unspecified atom stereocenters. The zero-order valence-electron chi connectivity index (χ0n) is 12.6. The summed E-state index contributed by atoms with van der Waals surface area (Å²) < 4.78 is 2.30. The van der Waals surface area contributed by atoms with Crippen LogP contribution in [-0.2, 0) is 13.1 Å². The van der Waals surface area contributed by atoms with Crippen molar-refractivity contribution in [3.63, 3.8) is 0 Å². The second-order valence-electron chi connectivity index (χ2n) is 5.36. The van der Waals surface area contributed by atoms with Gasteiger partial charge in [0.2, 0.25) is 0 Å². The Morgan fingerprint density at radius 3 is 2.95 bits per heavy atom. The molecule has 0 amide bonds. The summed E-state index contributed by atoms with van der Waals surface area (Å²) in [6.07, 6.45) is 5.32. The van der Waals surface area contributed by atoms with Gasteiger partial charge in [0, 0.05) is 29.3 Å². The van der Waals surface area contributed by atoms with Crippen LogP contribution >= 0.6 is 11.3 Å². The van der Waals surface area contributed by atoms with E-state index in [0.717, 1.165) is 24.6 Å².